The van der Waals surface area contributed by atoms with Gasteiger partial charge < -0.3 is 31.5 Å². The minimum absolute atomic E-state index is 0.00492. The summed E-state index contributed by atoms with van der Waals surface area (Å²) in [5.74, 6) is -2.06. The van der Waals surface area contributed by atoms with Crippen molar-refractivity contribution >= 4 is 40.9 Å². The topological polar surface area (TPSA) is 178 Å². The summed E-state index contributed by atoms with van der Waals surface area (Å²) in [5.41, 5.74) is 12.8. The summed E-state index contributed by atoms with van der Waals surface area (Å²) >= 11 is 1.15. The molecule has 2 rings (SSSR count). The van der Waals surface area contributed by atoms with Crippen molar-refractivity contribution in [1.82, 2.24) is 15.2 Å². The average molecular weight is 590 g/mol. The Hall–Kier alpha value is -3.67. The van der Waals surface area contributed by atoms with Crippen molar-refractivity contribution in [2.45, 2.75) is 84.4 Å². The second-order valence-electron chi connectivity index (χ2n) is 10.7. The number of amides is 3. The third-order valence-electron chi connectivity index (χ3n) is 7.01. The standard InChI is InChI=1S/C29H43N5O6S/c1-6-7-8-25(35)34(5)23(17(2)3)15-24(40-29(31)39)27-33-22(16-41-27)26(36)32-21(13-18(4)28(37)38)14-19-9-11-20(30)12-10-19/h9-12,16-18,21,23-24H,6-8,13-15,30H2,1-5H3,(H2,31,39)(H,32,36)(H,37,38)/t18?,21-,23?,24?/m1/s1. The second-order valence-corrected chi connectivity index (χ2v) is 11.6. The third kappa shape index (κ3) is 10.7. The molecule has 1 heterocycles. The normalized spacial score (nSPS) is 14.1. The minimum Gasteiger partial charge on any atom is -0.481 e. The zero-order chi connectivity index (χ0) is 30.7. The molecule has 0 fully saturated rings. The zero-order valence-electron chi connectivity index (χ0n) is 24.5. The summed E-state index contributed by atoms with van der Waals surface area (Å²) in [7, 11) is 1.74. The van der Waals surface area contributed by atoms with Crippen LogP contribution in [0.25, 0.3) is 0 Å². The number of anilines is 1. The lowest BCUT2D eigenvalue weighted by molar-refractivity contribution is -0.141. The summed E-state index contributed by atoms with van der Waals surface area (Å²) in [6.07, 6.45) is 1.16. The van der Waals surface area contributed by atoms with E-state index < -0.39 is 36.0 Å². The highest BCUT2D eigenvalue weighted by molar-refractivity contribution is 7.09. The number of hydrogen-bond donors (Lipinski definition) is 4. The summed E-state index contributed by atoms with van der Waals surface area (Å²) in [6, 6.07) is 6.43. The average Bonchev–Trinajstić information content (AvgIpc) is 3.40. The van der Waals surface area contributed by atoms with Gasteiger partial charge in [-0.05, 0) is 42.9 Å². The number of ether oxygens (including phenoxy) is 1. The summed E-state index contributed by atoms with van der Waals surface area (Å²) < 4.78 is 5.41. The zero-order valence-corrected chi connectivity index (χ0v) is 25.3. The number of thiazole rings is 1. The first-order chi connectivity index (χ1) is 19.3. The van der Waals surface area contributed by atoms with Gasteiger partial charge in [-0.2, -0.15) is 0 Å². The molecule has 0 radical (unpaired) electrons. The van der Waals surface area contributed by atoms with Gasteiger partial charge >= 0.3 is 12.1 Å². The number of carbonyl (C=O) groups excluding carboxylic acids is 3. The molecule has 3 unspecified atom stereocenters. The molecule has 2 aromatic rings. The molecule has 0 bridgehead atoms. The fourth-order valence-corrected chi connectivity index (χ4v) is 5.42. The van der Waals surface area contributed by atoms with Gasteiger partial charge in [0.15, 0.2) is 6.10 Å². The van der Waals surface area contributed by atoms with Crippen LogP contribution in [0.15, 0.2) is 29.6 Å². The van der Waals surface area contributed by atoms with Gasteiger partial charge in [0.05, 0.1) is 5.92 Å². The molecule has 41 heavy (non-hydrogen) atoms. The fraction of sp³-hybridized carbons (Fsp3) is 0.552. The Kier molecular flexibility index (Phi) is 13.0. The highest BCUT2D eigenvalue weighted by Gasteiger charge is 2.31. The number of hydrogen-bond acceptors (Lipinski definition) is 8. The van der Waals surface area contributed by atoms with Crippen LogP contribution in [0.3, 0.4) is 0 Å². The van der Waals surface area contributed by atoms with Crippen molar-refractivity contribution in [3.63, 3.8) is 0 Å². The molecule has 0 saturated heterocycles. The van der Waals surface area contributed by atoms with Crippen molar-refractivity contribution in [3.8, 4) is 0 Å². The van der Waals surface area contributed by atoms with Gasteiger partial charge in [0.2, 0.25) is 5.91 Å². The Balaban J connectivity index is 2.24. The van der Waals surface area contributed by atoms with Crippen LogP contribution in [0.1, 0.15) is 87.0 Å². The Morgan fingerprint density at radius 2 is 1.78 bits per heavy atom. The SMILES string of the molecule is CCCCC(=O)N(C)C(CC(OC(N)=O)c1nc(C(=O)N[C@@H](Cc2ccc(N)cc2)CC(C)C(=O)O)cs1)C(C)C. The highest BCUT2D eigenvalue weighted by Crippen LogP contribution is 2.30. The Labute approximate surface area is 245 Å². The first kappa shape index (κ1) is 33.5. The van der Waals surface area contributed by atoms with E-state index in [0.717, 1.165) is 29.7 Å². The Morgan fingerprint density at radius 3 is 2.34 bits per heavy atom. The van der Waals surface area contributed by atoms with E-state index >= 15 is 0 Å². The molecule has 6 N–H and O–H groups in total. The monoisotopic (exact) mass is 589 g/mol. The maximum absolute atomic E-state index is 13.2. The maximum Gasteiger partial charge on any atom is 0.405 e. The Morgan fingerprint density at radius 1 is 1.12 bits per heavy atom. The molecule has 226 valence electrons. The van der Waals surface area contributed by atoms with Gasteiger partial charge in [0.1, 0.15) is 10.7 Å². The van der Waals surface area contributed by atoms with Crippen LogP contribution in [-0.4, -0.2) is 58.0 Å². The lowest BCUT2D eigenvalue weighted by atomic mass is 9.95. The van der Waals surface area contributed by atoms with E-state index in [4.69, 9.17) is 16.2 Å². The van der Waals surface area contributed by atoms with E-state index in [1.165, 1.54) is 0 Å². The smallest absolute Gasteiger partial charge is 0.405 e. The highest BCUT2D eigenvalue weighted by atomic mass is 32.1. The number of unbranched alkanes of at least 4 members (excludes halogenated alkanes) is 1. The number of aliphatic carboxylic acids is 1. The number of nitrogen functional groups attached to an aromatic ring is 1. The molecule has 1 aromatic heterocycles. The minimum atomic E-state index is -0.982. The van der Waals surface area contributed by atoms with E-state index in [1.807, 2.05) is 32.9 Å². The van der Waals surface area contributed by atoms with E-state index in [-0.39, 0.29) is 36.4 Å². The lowest BCUT2D eigenvalue weighted by Gasteiger charge is -2.33. The van der Waals surface area contributed by atoms with Crippen molar-refractivity contribution in [2.75, 3.05) is 12.8 Å². The fourth-order valence-electron chi connectivity index (χ4n) is 4.58. The van der Waals surface area contributed by atoms with Crippen LogP contribution in [0.5, 0.6) is 0 Å². The van der Waals surface area contributed by atoms with Crippen molar-refractivity contribution < 1.29 is 29.0 Å². The van der Waals surface area contributed by atoms with Gasteiger partial charge in [-0.3, -0.25) is 14.4 Å². The van der Waals surface area contributed by atoms with E-state index in [1.54, 1.807) is 36.4 Å². The van der Waals surface area contributed by atoms with Crippen LogP contribution in [-0.2, 0) is 20.7 Å². The predicted octanol–water partition coefficient (Wildman–Crippen LogP) is 4.38. The Bertz CT molecular complexity index is 1170. The molecule has 12 heteroatoms. The van der Waals surface area contributed by atoms with Gasteiger partial charge in [0.25, 0.3) is 5.91 Å². The number of benzene rings is 1. The van der Waals surface area contributed by atoms with Crippen molar-refractivity contribution in [2.24, 2.45) is 17.6 Å². The van der Waals surface area contributed by atoms with Crippen LogP contribution in [0, 0.1) is 11.8 Å². The van der Waals surface area contributed by atoms with Gasteiger partial charge in [-0.1, -0.05) is 46.2 Å². The molecule has 3 amide bonds. The first-order valence-electron chi connectivity index (χ1n) is 13.9. The van der Waals surface area contributed by atoms with Crippen LogP contribution in [0.4, 0.5) is 10.5 Å². The number of carboxylic acid groups (broad SMARTS) is 1. The first-order valence-corrected chi connectivity index (χ1v) is 14.7. The summed E-state index contributed by atoms with van der Waals surface area (Å²) in [4.78, 5) is 55.4. The number of primary amides is 1. The number of carbonyl (C=O) groups is 4. The van der Waals surface area contributed by atoms with Crippen LogP contribution < -0.4 is 16.8 Å². The van der Waals surface area contributed by atoms with E-state index in [0.29, 0.717) is 23.5 Å². The number of nitrogens with zero attached hydrogens (tertiary/aromatic N) is 2. The molecule has 11 nitrogen and oxygen atoms in total. The number of carboxylic acids is 1. The van der Waals surface area contributed by atoms with E-state index in [2.05, 4.69) is 10.3 Å². The van der Waals surface area contributed by atoms with Crippen LogP contribution >= 0.6 is 11.3 Å². The summed E-state index contributed by atoms with van der Waals surface area (Å²) in [6.45, 7) is 7.57. The molecular formula is C29H43N5O6S. The molecule has 0 aliphatic heterocycles. The number of rotatable bonds is 16. The molecule has 0 aliphatic carbocycles. The molecule has 0 spiro atoms. The molecule has 1 aromatic carbocycles. The van der Waals surface area contributed by atoms with Gasteiger partial charge in [-0.15, -0.1) is 11.3 Å². The van der Waals surface area contributed by atoms with Crippen molar-refractivity contribution in [3.05, 3.63) is 45.9 Å². The van der Waals surface area contributed by atoms with E-state index in [9.17, 15) is 24.3 Å². The van der Waals surface area contributed by atoms with Crippen LogP contribution in [0.2, 0.25) is 0 Å². The van der Waals surface area contributed by atoms with Crippen molar-refractivity contribution in [1.29, 1.82) is 0 Å². The molecule has 0 saturated carbocycles. The third-order valence-corrected chi connectivity index (χ3v) is 7.94. The number of aromatic nitrogens is 1. The van der Waals surface area contributed by atoms with Gasteiger partial charge in [0, 0.05) is 43.0 Å². The molecule has 0 aliphatic rings. The lowest BCUT2D eigenvalue weighted by Crippen LogP contribution is -2.42. The number of nitrogens with two attached hydrogens (primary N) is 2. The maximum atomic E-state index is 13.2. The largest absolute Gasteiger partial charge is 0.481 e. The number of nitrogens with one attached hydrogen (secondary N) is 1. The quantitative estimate of drug-likeness (QED) is 0.208. The molecule has 4 atom stereocenters. The molecular weight excluding hydrogens is 546 g/mol. The summed E-state index contributed by atoms with van der Waals surface area (Å²) in [5, 5.41) is 14.3. The van der Waals surface area contributed by atoms with Gasteiger partial charge in [-0.25, -0.2) is 9.78 Å². The predicted molar refractivity (Wildman–Crippen MR) is 158 cm³/mol. The second kappa shape index (κ2) is 15.9.